The first-order valence-corrected chi connectivity index (χ1v) is 10.1. The molecule has 1 heterocycles. The number of amides is 2. The Bertz CT molecular complexity index is 1010. The Kier molecular flexibility index (Phi) is 6.34. The number of pyridine rings is 1. The van der Waals surface area contributed by atoms with E-state index in [0.717, 1.165) is 33.2 Å². The Morgan fingerprint density at radius 3 is 1.47 bits per heavy atom. The fourth-order valence-corrected chi connectivity index (χ4v) is 3.29. The van der Waals surface area contributed by atoms with Gasteiger partial charge in [0.15, 0.2) is 0 Å². The lowest BCUT2D eigenvalue weighted by atomic mass is 10.1. The molecule has 7 nitrogen and oxygen atoms in total. The van der Waals surface area contributed by atoms with Gasteiger partial charge in [-0.1, -0.05) is 12.1 Å². The van der Waals surface area contributed by atoms with E-state index in [-0.39, 0.29) is 23.9 Å². The summed E-state index contributed by atoms with van der Waals surface area (Å²) in [6.45, 7) is 11.0. The Hall–Kier alpha value is -3.03. The standard InChI is InChI=1S/C23H29N5O2/c1-14(2)25-27(16(5)29)20-9-7-18-11-19-8-10-21(13-23(19)24-22(18)12-20)28(17(6)30)26-15(3)4/h7-15,25-26H,1-6H3. The summed E-state index contributed by atoms with van der Waals surface area (Å²) in [7, 11) is 0. The van der Waals surface area contributed by atoms with Gasteiger partial charge in [0.1, 0.15) is 0 Å². The molecule has 30 heavy (non-hydrogen) atoms. The van der Waals surface area contributed by atoms with Gasteiger partial charge in [0.05, 0.1) is 22.4 Å². The number of hydrogen-bond acceptors (Lipinski definition) is 5. The van der Waals surface area contributed by atoms with E-state index in [1.54, 1.807) is 0 Å². The summed E-state index contributed by atoms with van der Waals surface area (Å²) in [6.07, 6.45) is 0. The van der Waals surface area contributed by atoms with Crippen LogP contribution < -0.4 is 20.9 Å². The monoisotopic (exact) mass is 407 g/mol. The fourth-order valence-electron chi connectivity index (χ4n) is 3.29. The first-order valence-electron chi connectivity index (χ1n) is 10.1. The van der Waals surface area contributed by atoms with E-state index >= 15 is 0 Å². The van der Waals surface area contributed by atoms with Gasteiger partial charge in [-0.05, 0) is 58.0 Å². The average Bonchev–Trinajstić information content (AvgIpc) is 2.67. The maximum atomic E-state index is 12.1. The highest BCUT2D eigenvalue weighted by atomic mass is 16.2. The summed E-state index contributed by atoms with van der Waals surface area (Å²) in [4.78, 5) is 29.0. The molecule has 1 aromatic heterocycles. The lowest BCUT2D eigenvalue weighted by Crippen LogP contribution is -2.45. The summed E-state index contributed by atoms with van der Waals surface area (Å²) >= 11 is 0. The molecular formula is C23H29N5O2. The molecule has 0 aliphatic rings. The van der Waals surface area contributed by atoms with Crippen molar-refractivity contribution < 1.29 is 9.59 Å². The van der Waals surface area contributed by atoms with Crippen LogP contribution in [-0.4, -0.2) is 28.9 Å². The molecule has 0 saturated heterocycles. The lowest BCUT2D eigenvalue weighted by Gasteiger charge is -2.25. The summed E-state index contributed by atoms with van der Waals surface area (Å²) < 4.78 is 0. The number of hydrogen-bond donors (Lipinski definition) is 2. The van der Waals surface area contributed by atoms with E-state index in [9.17, 15) is 9.59 Å². The summed E-state index contributed by atoms with van der Waals surface area (Å²) in [6, 6.07) is 13.8. The first kappa shape index (κ1) is 21.7. The van der Waals surface area contributed by atoms with Crippen LogP contribution in [0.1, 0.15) is 41.5 Å². The minimum absolute atomic E-state index is 0.0945. The normalized spacial score (nSPS) is 11.5. The van der Waals surface area contributed by atoms with Gasteiger partial charge in [0, 0.05) is 36.7 Å². The van der Waals surface area contributed by atoms with Gasteiger partial charge < -0.3 is 0 Å². The van der Waals surface area contributed by atoms with Crippen LogP contribution in [0.5, 0.6) is 0 Å². The van der Waals surface area contributed by atoms with Crippen LogP contribution in [0, 0.1) is 0 Å². The fraction of sp³-hybridized carbons (Fsp3) is 0.348. The third-order valence-corrected chi connectivity index (χ3v) is 4.50. The lowest BCUT2D eigenvalue weighted by molar-refractivity contribution is -0.118. The molecule has 2 N–H and O–H groups in total. The number of nitrogens with zero attached hydrogens (tertiary/aromatic N) is 3. The van der Waals surface area contributed by atoms with Gasteiger partial charge >= 0.3 is 0 Å². The van der Waals surface area contributed by atoms with Crippen LogP contribution in [0.15, 0.2) is 42.5 Å². The van der Waals surface area contributed by atoms with Crippen molar-refractivity contribution in [3.05, 3.63) is 42.5 Å². The highest BCUT2D eigenvalue weighted by Crippen LogP contribution is 2.27. The van der Waals surface area contributed by atoms with Crippen molar-refractivity contribution in [2.75, 3.05) is 10.0 Å². The van der Waals surface area contributed by atoms with E-state index in [1.165, 1.54) is 23.9 Å². The zero-order valence-electron chi connectivity index (χ0n) is 18.4. The molecule has 158 valence electrons. The van der Waals surface area contributed by atoms with E-state index in [1.807, 2.05) is 64.1 Å². The Morgan fingerprint density at radius 1 is 0.733 bits per heavy atom. The number of hydrazine groups is 2. The topological polar surface area (TPSA) is 77.6 Å². The SMILES string of the molecule is CC(=O)N(NC(C)C)c1ccc2cc3ccc(N(NC(C)C)C(C)=O)cc3nc2c1. The van der Waals surface area contributed by atoms with Crippen LogP contribution in [-0.2, 0) is 9.59 Å². The van der Waals surface area contributed by atoms with Gasteiger partial charge in [0.25, 0.3) is 0 Å². The Balaban J connectivity index is 2.07. The van der Waals surface area contributed by atoms with Crippen molar-refractivity contribution in [2.24, 2.45) is 0 Å². The molecule has 0 atom stereocenters. The average molecular weight is 408 g/mol. The second-order valence-corrected chi connectivity index (χ2v) is 8.02. The minimum atomic E-state index is -0.0945. The zero-order chi connectivity index (χ0) is 22.0. The van der Waals surface area contributed by atoms with Crippen molar-refractivity contribution in [3.63, 3.8) is 0 Å². The molecule has 0 spiro atoms. The maximum absolute atomic E-state index is 12.1. The number of aromatic nitrogens is 1. The Labute approximate surface area is 177 Å². The summed E-state index contributed by atoms with van der Waals surface area (Å²) in [5.41, 5.74) is 9.34. The molecule has 3 rings (SSSR count). The summed E-state index contributed by atoms with van der Waals surface area (Å²) in [5, 5.41) is 5.04. The molecule has 7 heteroatoms. The van der Waals surface area contributed by atoms with Gasteiger partial charge in [-0.3, -0.25) is 9.59 Å². The number of nitrogens with one attached hydrogen (secondary N) is 2. The number of rotatable bonds is 6. The second-order valence-electron chi connectivity index (χ2n) is 8.02. The van der Waals surface area contributed by atoms with E-state index in [0.29, 0.717) is 0 Å². The molecule has 3 aromatic rings. The van der Waals surface area contributed by atoms with Gasteiger partial charge in [-0.15, -0.1) is 0 Å². The molecule has 0 saturated carbocycles. The molecule has 2 amide bonds. The first-order chi connectivity index (χ1) is 14.2. The maximum Gasteiger partial charge on any atom is 0.238 e. The van der Waals surface area contributed by atoms with Gasteiger partial charge in [0.2, 0.25) is 11.8 Å². The predicted octanol–water partition coefficient (Wildman–Crippen LogP) is 3.92. The highest BCUT2D eigenvalue weighted by molar-refractivity contribution is 5.99. The van der Waals surface area contributed by atoms with Crippen LogP contribution >= 0.6 is 0 Å². The summed E-state index contributed by atoms with van der Waals surface area (Å²) in [5.74, 6) is -0.189. The highest BCUT2D eigenvalue weighted by Gasteiger charge is 2.15. The van der Waals surface area contributed by atoms with Gasteiger partial charge in [-0.25, -0.2) is 25.9 Å². The molecule has 0 fully saturated rings. The quantitative estimate of drug-likeness (QED) is 0.478. The molecule has 0 aliphatic carbocycles. The number of carbonyl (C=O) groups excluding carboxylic acids is 2. The second kappa shape index (κ2) is 8.77. The smallest absolute Gasteiger partial charge is 0.238 e. The van der Waals surface area contributed by atoms with E-state index in [2.05, 4.69) is 16.9 Å². The third kappa shape index (κ3) is 4.75. The molecular weight excluding hydrogens is 378 g/mol. The van der Waals surface area contributed by atoms with Crippen molar-refractivity contribution in [1.29, 1.82) is 0 Å². The van der Waals surface area contributed by atoms with Crippen LogP contribution in [0.2, 0.25) is 0 Å². The number of fused-ring (bicyclic) bond motifs is 2. The minimum Gasteiger partial charge on any atom is -0.273 e. The third-order valence-electron chi connectivity index (χ3n) is 4.50. The number of anilines is 2. The van der Waals surface area contributed by atoms with Crippen LogP contribution in [0.3, 0.4) is 0 Å². The van der Waals surface area contributed by atoms with Crippen molar-refractivity contribution in [2.45, 2.75) is 53.6 Å². The molecule has 0 bridgehead atoms. The molecule has 2 aromatic carbocycles. The van der Waals surface area contributed by atoms with Crippen molar-refractivity contribution in [3.8, 4) is 0 Å². The predicted molar refractivity (Wildman–Crippen MR) is 122 cm³/mol. The molecule has 0 aliphatic heterocycles. The number of benzene rings is 2. The van der Waals surface area contributed by atoms with E-state index in [4.69, 9.17) is 4.98 Å². The van der Waals surface area contributed by atoms with Crippen molar-refractivity contribution in [1.82, 2.24) is 15.8 Å². The Morgan fingerprint density at radius 2 is 1.13 bits per heavy atom. The molecule has 0 unspecified atom stereocenters. The largest absolute Gasteiger partial charge is 0.273 e. The molecule has 0 radical (unpaired) electrons. The van der Waals surface area contributed by atoms with Gasteiger partial charge in [-0.2, -0.15) is 0 Å². The van der Waals surface area contributed by atoms with Crippen molar-refractivity contribution >= 4 is 45.0 Å². The van der Waals surface area contributed by atoms with E-state index < -0.39 is 0 Å². The zero-order valence-corrected chi connectivity index (χ0v) is 18.4. The number of carbonyl (C=O) groups is 2. The van der Waals surface area contributed by atoms with Crippen LogP contribution in [0.25, 0.3) is 21.8 Å². The van der Waals surface area contributed by atoms with Crippen LogP contribution in [0.4, 0.5) is 11.4 Å².